The SMILES string of the molecule is COc1ccc(N2c3cc(C)c(C=CC4=C(SC56CC7CC(CC(C7)C5)C6)C(=CC=O)CC(C)(C)C4)cc3C(C)CC2(C)C)cc1. The molecule has 0 amide bonds. The maximum Gasteiger partial charge on any atom is 0.143 e. The molecule has 5 aliphatic carbocycles. The Hall–Kier alpha value is -2.72. The van der Waals surface area contributed by atoms with E-state index in [0.717, 1.165) is 49.1 Å². The van der Waals surface area contributed by atoms with Gasteiger partial charge in [0.25, 0.3) is 0 Å². The number of hydrogen-bond donors (Lipinski definition) is 0. The van der Waals surface area contributed by atoms with Crippen molar-refractivity contribution in [2.24, 2.45) is 23.2 Å². The number of ether oxygens (including phenoxy) is 1. The number of fused-ring (bicyclic) bond motifs is 1. The number of anilines is 2. The Labute approximate surface area is 281 Å². The first kappa shape index (κ1) is 31.9. The maximum absolute atomic E-state index is 12.0. The molecule has 0 radical (unpaired) electrons. The Morgan fingerprint density at radius 1 is 0.891 bits per heavy atom. The number of hydrogen-bond acceptors (Lipinski definition) is 4. The topological polar surface area (TPSA) is 29.5 Å². The monoisotopic (exact) mass is 635 g/mol. The number of carbonyl (C=O) groups excluding carboxylic acids is 1. The Balaban J connectivity index is 1.27. The number of carbonyl (C=O) groups is 1. The van der Waals surface area contributed by atoms with Crippen molar-refractivity contribution in [3.05, 3.63) is 81.3 Å². The molecule has 0 spiro atoms. The molecule has 0 N–H and O–H groups in total. The second kappa shape index (κ2) is 11.8. The zero-order chi connectivity index (χ0) is 32.4. The third kappa shape index (κ3) is 5.93. The van der Waals surface area contributed by atoms with E-state index < -0.39 is 0 Å². The van der Waals surface area contributed by atoms with Gasteiger partial charge in [-0.3, -0.25) is 4.79 Å². The number of nitrogens with zero attached hydrogens (tertiary/aromatic N) is 1. The molecule has 46 heavy (non-hydrogen) atoms. The van der Waals surface area contributed by atoms with Crippen molar-refractivity contribution < 1.29 is 9.53 Å². The zero-order valence-corrected chi connectivity index (χ0v) is 29.9. The highest BCUT2D eigenvalue weighted by Gasteiger charge is 2.52. The highest BCUT2D eigenvalue weighted by molar-refractivity contribution is 8.04. The summed E-state index contributed by atoms with van der Waals surface area (Å²) in [4.78, 5) is 15.9. The lowest BCUT2D eigenvalue weighted by molar-refractivity contribution is -0.104. The maximum atomic E-state index is 12.0. The lowest BCUT2D eigenvalue weighted by Gasteiger charge is -2.57. The van der Waals surface area contributed by atoms with Crippen LogP contribution in [-0.2, 0) is 4.79 Å². The van der Waals surface area contributed by atoms with Gasteiger partial charge in [-0.05, 0) is 178 Å². The van der Waals surface area contributed by atoms with E-state index in [9.17, 15) is 4.79 Å². The van der Waals surface area contributed by atoms with E-state index in [1.165, 1.54) is 82.6 Å². The average Bonchev–Trinajstić information content (AvgIpc) is 2.97. The molecular weight excluding hydrogens is 583 g/mol. The van der Waals surface area contributed by atoms with Gasteiger partial charge in [0.15, 0.2) is 0 Å². The summed E-state index contributed by atoms with van der Waals surface area (Å²) in [7, 11) is 1.73. The molecule has 6 aliphatic rings. The zero-order valence-electron chi connectivity index (χ0n) is 29.1. The minimum Gasteiger partial charge on any atom is -0.497 e. The van der Waals surface area contributed by atoms with Crippen molar-refractivity contribution in [1.82, 2.24) is 0 Å². The van der Waals surface area contributed by atoms with Crippen LogP contribution < -0.4 is 9.64 Å². The molecular formula is C42H53NO2S. The quantitative estimate of drug-likeness (QED) is 0.224. The molecule has 2 aromatic rings. The molecule has 0 aromatic heterocycles. The fourth-order valence-corrected chi connectivity index (χ4v) is 12.4. The number of methoxy groups -OCH3 is 1. The second-order valence-corrected chi connectivity index (χ2v) is 18.4. The van der Waals surface area contributed by atoms with Gasteiger partial charge < -0.3 is 9.64 Å². The third-order valence-corrected chi connectivity index (χ3v) is 13.5. The number of aryl methyl sites for hydroxylation is 1. The fourth-order valence-electron chi connectivity index (χ4n) is 10.5. The fraction of sp³-hybridized carbons (Fsp3) is 0.548. The van der Waals surface area contributed by atoms with Gasteiger partial charge in [0.1, 0.15) is 12.0 Å². The lowest BCUT2D eigenvalue weighted by Crippen LogP contribution is -2.48. The molecule has 2 aromatic carbocycles. The van der Waals surface area contributed by atoms with Crippen molar-refractivity contribution in [3.8, 4) is 5.75 Å². The first-order chi connectivity index (χ1) is 21.9. The molecule has 8 rings (SSSR count). The molecule has 1 unspecified atom stereocenters. The van der Waals surface area contributed by atoms with Gasteiger partial charge in [-0.15, -0.1) is 11.8 Å². The van der Waals surface area contributed by atoms with E-state index in [-0.39, 0.29) is 11.0 Å². The predicted octanol–water partition coefficient (Wildman–Crippen LogP) is 11.3. The summed E-state index contributed by atoms with van der Waals surface area (Å²) in [6.07, 6.45) is 19.3. The largest absolute Gasteiger partial charge is 0.497 e. The lowest BCUT2D eigenvalue weighted by atomic mass is 9.56. The average molecular weight is 636 g/mol. The summed E-state index contributed by atoms with van der Waals surface area (Å²) in [6, 6.07) is 13.4. The third-order valence-electron chi connectivity index (χ3n) is 11.9. The first-order valence-corrected chi connectivity index (χ1v) is 18.5. The normalized spacial score (nSPS) is 31.9. The van der Waals surface area contributed by atoms with Gasteiger partial charge in [0, 0.05) is 26.6 Å². The minimum atomic E-state index is -0.00596. The summed E-state index contributed by atoms with van der Waals surface area (Å²) >= 11 is 2.18. The van der Waals surface area contributed by atoms with Crippen LogP contribution in [0, 0.1) is 30.1 Å². The van der Waals surface area contributed by atoms with Gasteiger partial charge in [-0.1, -0.05) is 32.9 Å². The van der Waals surface area contributed by atoms with Crippen molar-refractivity contribution in [1.29, 1.82) is 0 Å². The van der Waals surface area contributed by atoms with Gasteiger partial charge in [0.2, 0.25) is 0 Å². The van der Waals surface area contributed by atoms with Crippen LogP contribution >= 0.6 is 11.8 Å². The van der Waals surface area contributed by atoms with Crippen molar-refractivity contribution in [2.75, 3.05) is 12.0 Å². The van der Waals surface area contributed by atoms with Gasteiger partial charge >= 0.3 is 0 Å². The Morgan fingerprint density at radius 3 is 2.15 bits per heavy atom. The van der Waals surface area contributed by atoms with Crippen LogP contribution in [-0.4, -0.2) is 23.7 Å². The molecule has 4 saturated carbocycles. The number of allylic oxidation sites excluding steroid dienone is 4. The van der Waals surface area contributed by atoms with Crippen molar-refractivity contribution in [3.63, 3.8) is 0 Å². The van der Waals surface area contributed by atoms with E-state index in [1.807, 2.05) is 6.08 Å². The smallest absolute Gasteiger partial charge is 0.143 e. The number of benzene rings is 2. The van der Waals surface area contributed by atoms with Gasteiger partial charge in [-0.25, -0.2) is 0 Å². The van der Waals surface area contributed by atoms with E-state index in [2.05, 4.69) is 107 Å². The minimum absolute atomic E-state index is 0.00596. The summed E-state index contributed by atoms with van der Waals surface area (Å²) < 4.78 is 5.83. The Bertz CT molecular complexity index is 1570. The van der Waals surface area contributed by atoms with Gasteiger partial charge in [0.05, 0.1) is 7.11 Å². The highest BCUT2D eigenvalue weighted by atomic mass is 32.2. The number of thioether (sulfide) groups is 1. The van der Waals surface area contributed by atoms with Crippen LogP contribution in [0.5, 0.6) is 5.75 Å². The van der Waals surface area contributed by atoms with E-state index >= 15 is 0 Å². The molecule has 1 atom stereocenters. The van der Waals surface area contributed by atoms with E-state index in [0.29, 0.717) is 10.7 Å². The van der Waals surface area contributed by atoms with Crippen LogP contribution in [0.3, 0.4) is 0 Å². The molecule has 4 fully saturated rings. The molecule has 3 nitrogen and oxygen atoms in total. The number of rotatable bonds is 7. The Kier molecular flexibility index (Phi) is 8.14. The predicted molar refractivity (Wildman–Crippen MR) is 195 cm³/mol. The van der Waals surface area contributed by atoms with Crippen LogP contribution in [0.1, 0.15) is 115 Å². The summed E-state index contributed by atoms with van der Waals surface area (Å²) in [5.41, 5.74) is 9.36. The van der Waals surface area contributed by atoms with Crippen LogP contribution in [0.15, 0.2) is 64.6 Å². The first-order valence-electron chi connectivity index (χ1n) is 17.7. The molecule has 4 heteroatoms. The van der Waals surface area contributed by atoms with Crippen molar-refractivity contribution in [2.45, 2.75) is 116 Å². The highest BCUT2D eigenvalue weighted by Crippen LogP contribution is 2.64. The van der Waals surface area contributed by atoms with E-state index in [4.69, 9.17) is 4.74 Å². The molecule has 4 bridgehead atoms. The standard InChI is InChI=1S/C42H53NO2S/c1-27-16-38-37(28(2)21-41(5,6)43(38)35-10-12-36(45-7)13-11-35)20-32(27)8-9-33-25-40(3,4)26-34(14-15-44)39(33)46-42-22-29-17-30(23-42)19-31(18-29)24-42/h8-16,20,28-31H,17-19,21-26H2,1-7H3. The van der Waals surface area contributed by atoms with Crippen molar-refractivity contribution >= 4 is 35.5 Å². The summed E-state index contributed by atoms with van der Waals surface area (Å²) in [5.74, 6) is 4.10. The van der Waals surface area contributed by atoms with Crippen LogP contribution in [0.2, 0.25) is 0 Å². The molecule has 244 valence electrons. The molecule has 1 aliphatic heterocycles. The van der Waals surface area contributed by atoms with Gasteiger partial charge in [-0.2, -0.15) is 0 Å². The summed E-state index contributed by atoms with van der Waals surface area (Å²) in [6.45, 7) is 14.1. The number of aldehydes is 1. The Morgan fingerprint density at radius 2 is 1.54 bits per heavy atom. The van der Waals surface area contributed by atoms with Crippen LogP contribution in [0.4, 0.5) is 11.4 Å². The summed E-state index contributed by atoms with van der Waals surface area (Å²) in [5, 5.41) is 0. The molecule has 1 heterocycles. The second-order valence-electron chi connectivity index (χ2n) is 17.0. The van der Waals surface area contributed by atoms with Crippen LogP contribution in [0.25, 0.3) is 6.08 Å². The molecule has 0 saturated heterocycles. The van der Waals surface area contributed by atoms with E-state index in [1.54, 1.807) is 7.11 Å².